The number of unbranched alkanes of at least 4 members (excludes halogenated alkanes) is 1. The maximum atomic E-state index is 11.2. The second-order valence-corrected chi connectivity index (χ2v) is 2.84. The zero-order valence-corrected chi connectivity index (χ0v) is 8.51. The number of carbonyl (C=O) groups excluding carboxylic acids is 1. The smallest absolute Gasteiger partial charge is 0.333 e. The average molecular weight is 182 g/mol. The Balaban J connectivity index is 4.17. The molecule has 74 valence electrons. The van der Waals surface area contributed by atoms with Crippen molar-refractivity contribution in [3.05, 3.63) is 24.3 Å². The molecule has 0 aliphatic carbocycles. The van der Waals surface area contributed by atoms with Crippen molar-refractivity contribution in [2.75, 3.05) is 7.11 Å². The largest absolute Gasteiger partial charge is 0.466 e. The number of hydrogen-bond donors (Lipinski definition) is 0. The molecule has 0 saturated heterocycles. The van der Waals surface area contributed by atoms with Crippen LogP contribution < -0.4 is 0 Å². The van der Waals surface area contributed by atoms with Crippen molar-refractivity contribution in [2.24, 2.45) is 0 Å². The highest BCUT2D eigenvalue weighted by atomic mass is 16.5. The standard InChI is InChI=1S/C11H18O2/c1-4-6-8-10(9-7-5-2)11(12)13-3/h4,9H,1,5-8H2,2-3H3. The molecule has 2 nitrogen and oxygen atoms in total. The van der Waals surface area contributed by atoms with Gasteiger partial charge in [-0.15, -0.1) is 6.58 Å². The molecule has 0 saturated carbocycles. The molecule has 13 heavy (non-hydrogen) atoms. The van der Waals surface area contributed by atoms with Gasteiger partial charge in [-0.1, -0.05) is 25.5 Å². The molecule has 0 amide bonds. The quantitative estimate of drug-likeness (QED) is 0.358. The van der Waals surface area contributed by atoms with Gasteiger partial charge in [0, 0.05) is 5.57 Å². The van der Waals surface area contributed by atoms with E-state index >= 15 is 0 Å². The van der Waals surface area contributed by atoms with Crippen LogP contribution in [0.3, 0.4) is 0 Å². The Morgan fingerprint density at radius 1 is 1.46 bits per heavy atom. The van der Waals surface area contributed by atoms with Gasteiger partial charge in [-0.2, -0.15) is 0 Å². The zero-order valence-electron chi connectivity index (χ0n) is 8.51. The second kappa shape index (κ2) is 7.59. The van der Waals surface area contributed by atoms with Crippen LogP contribution in [0.15, 0.2) is 24.3 Å². The van der Waals surface area contributed by atoms with Crippen LogP contribution in [0.5, 0.6) is 0 Å². The van der Waals surface area contributed by atoms with E-state index in [1.807, 2.05) is 12.2 Å². The van der Waals surface area contributed by atoms with Gasteiger partial charge in [0.15, 0.2) is 0 Å². The van der Waals surface area contributed by atoms with Crippen LogP contribution in [0.4, 0.5) is 0 Å². The van der Waals surface area contributed by atoms with Crippen LogP contribution in [0.2, 0.25) is 0 Å². The molecule has 0 aromatic carbocycles. The van der Waals surface area contributed by atoms with Crippen LogP contribution >= 0.6 is 0 Å². The van der Waals surface area contributed by atoms with Gasteiger partial charge in [0.1, 0.15) is 0 Å². The summed E-state index contributed by atoms with van der Waals surface area (Å²) in [5.41, 5.74) is 0.768. The van der Waals surface area contributed by atoms with Crippen molar-refractivity contribution in [1.29, 1.82) is 0 Å². The molecule has 0 aliphatic heterocycles. The molecule has 0 fully saturated rings. The summed E-state index contributed by atoms with van der Waals surface area (Å²) in [5, 5.41) is 0. The topological polar surface area (TPSA) is 26.3 Å². The molecule has 0 aliphatic rings. The molecule has 0 N–H and O–H groups in total. The van der Waals surface area contributed by atoms with E-state index < -0.39 is 0 Å². The van der Waals surface area contributed by atoms with Gasteiger partial charge in [-0.25, -0.2) is 4.79 Å². The summed E-state index contributed by atoms with van der Waals surface area (Å²) >= 11 is 0. The maximum Gasteiger partial charge on any atom is 0.333 e. The molecule has 0 aromatic rings. The fraction of sp³-hybridized carbons (Fsp3) is 0.545. The Morgan fingerprint density at radius 3 is 2.62 bits per heavy atom. The van der Waals surface area contributed by atoms with Gasteiger partial charge in [-0.05, 0) is 19.3 Å². The molecule has 0 radical (unpaired) electrons. The fourth-order valence-corrected chi connectivity index (χ4v) is 0.995. The number of allylic oxidation sites excluding steroid dienone is 2. The first-order valence-corrected chi connectivity index (χ1v) is 4.64. The number of ether oxygens (including phenoxy) is 1. The highest BCUT2D eigenvalue weighted by Crippen LogP contribution is 2.09. The summed E-state index contributed by atoms with van der Waals surface area (Å²) in [5.74, 6) is -0.213. The lowest BCUT2D eigenvalue weighted by Crippen LogP contribution is -2.04. The lowest BCUT2D eigenvalue weighted by Gasteiger charge is -2.02. The monoisotopic (exact) mass is 182 g/mol. The van der Waals surface area contributed by atoms with E-state index in [1.165, 1.54) is 7.11 Å². The van der Waals surface area contributed by atoms with E-state index in [-0.39, 0.29) is 5.97 Å². The van der Waals surface area contributed by atoms with Gasteiger partial charge in [0.05, 0.1) is 7.11 Å². The van der Waals surface area contributed by atoms with Crippen LogP contribution in [0.25, 0.3) is 0 Å². The Bertz CT molecular complexity index is 192. The third-order valence-electron chi connectivity index (χ3n) is 1.74. The molecular weight excluding hydrogens is 164 g/mol. The van der Waals surface area contributed by atoms with E-state index in [9.17, 15) is 4.79 Å². The van der Waals surface area contributed by atoms with E-state index in [0.29, 0.717) is 0 Å². The van der Waals surface area contributed by atoms with Crippen LogP contribution in [-0.4, -0.2) is 13.1 Å². The summed E-state index contributed by atoms with van der Waals surface area (Å²) in [6.07, 6.45) is 7.30. The summed E-state index contributed by atoms with van der Waals surface area (Å²) in [4.78, 5) is 11.2. The molecule has 0 bridgehead atoms. The summed E-state index contributed by atoms with van der Waals surface area (Å²) in [6, 6.07) is 0. The minimum atomic E-state index is -0.213. The van der Waals surface area contributed by atoms with Crippen molar-refractivity contribution in [2.45, 2.75) is 32.6 Å². The number of rotatable bonds is 6. The first-order chi connectivity index (χ1) is 6.26. The van der Waals surface area contributed by atoms with E-state index in [0.717, 1.165) is 31.3 Å². The number of methoxy groups -OCH3 is 1. The second-order valence-electron chi connectivity index (χ2n) is 2.84. The molecular formula is C11H18O2. The molecule has 0 heterocycles. The molecule has 2 heteroatoms. The average Bonchev–Trinajstić information content (AvgIpc) is 2.17. The number of hydrogen-bond acceptors (Lipinski definition) is 2. The molecule has 0 unspecified atom stereocenters. The highest BCUT2D eigenvalue weighted by molar-refractivity contribution is 5.88. The van der Waals surface area contributed by atoms with Gasteiger partial charge in [-0.3, -0.25) is 0 Å². The van der Waals surface area contributed by atoms with E-state index in [1.54, 1.807) is 0 Å². The Hall–Kier alpha value is -1.05. The highest BCUT2D eigenvalue weighted by Gasteiger charge is 2.06. The SMILES string of the molecule is C=CCCC(=CCCC)C(=O)OC. The van der Waals surface area contributed by atoms with E-state index in [2.05, 4.69) is 18.2 Å². The minimum Gasteiger partial charge on any atom is -0.466 e. The summed E-state index contributed by atoms with van der Waals surface area (Å²) in [6.45, 7) is 5.70. The van der Waals surface area contributed by atoms with Crippen molar-refractivity contribution in [3.8, 4) is 0 Å². The Labute approximate surface area is 80.3 Å². The molecule has 0 atom stereocenters. The van der Waals surface area contributed by atoms with Crippen molar-refractivity contribution < 1.29 is 9.53 Å². The zero-order chi connectivity index (χ0) is 10.1. The van der Waals surface area contributed by atoms with E-state index in [4.69, 9.17) is 0 Å². The Morgan fingerprint density at radius 2 is 2.15 bits per heavy atom. The van der Waals surface area contributed by atoms with Gasteiger partial charge in [0.2, 0.25) is 0 Å². The third kappa shape index (κ3) is 5.23. The first kappa shape index (κ1) is 11.9. The normalized spacial score (nSPS) is 11.1. The summed E-state index contributed by atoms with van der Waals surface area (Å²) in [7, 11) is 1.41. The van der Waals surface area contributed by atoms with Crippen molar-refractivity contribution in [3.63, 3.8) is 0 Å². The predicted octanol–water partition coefficient (Wildman–Crippen LogP) is 2.85. The molecule has 0 aromatic heterocycles. The van der Waals surface area contributed by atoms with Crippen molar-refractivity contribution >= 4 is 5.97 Å². The molecule has 0 rings (SSSR count). The maximum absolute atomic E-state index is 11.2. The Kier molecular flexibility index (Phi) is 6.98. The third-order valence-corrected chi connectivity index (χ3v) is 1.74. The van der Waals surface area contributed by atoms with Gasteiger partial charge in [0.25, 0.3) is 0 Å². The van der Waals surface area contributed by atoms with Crippen LogP contribution in [-0.2, 0) is 9.53 Å². The van der Waals surface area contributed by atoms with Crippen LogP contribution in [0, 0.1) is 0 Å². The fourth-order valence-electron chi connectivity index (χ4n) is 0.995. The molecule has 0 spiro atoms. The van der Waals surface area contributed by atoms with Crippen molar-refractivity contribution in [1.82, 2.24) is 0 Å². The number of esters is 1. The first-order valence-electron chi connectivity index (χ1n) is 4.64. The number of carbonyl (C=O) groups is 1. The van der Waals surface area contributed by atoms with Crippen LogP contribution in [0.1, 0.15) is 32.6 Å². The van der Waals surface area contributed by atoms with Gasteiger partial charge >= 0.3 is 5.97 Å². The lowest BCUT2D eigenvalue weighted by atomic mass is 10.1. The summed E-state index contributed by atoms with van der Waals surface area (Å²) < 4.78 is 4.66. The predicted molar refractivity (Wildman–Crippen MR) is 54.4 cm³/mol. The van der Waals surface area contributed by atoms with Gasteiger partial charge < -0.3 is 4.74 Å². The lowest BCUT2D eigenvalue weighted by molar-refractivity contribution is -0.136. The minimum absolute atomic E-state index is 0.213.